The molecule has 3 rings (SSSR count). The summed E-state index contributed by atoms with van der Waals surface area (Å²) in [4.78, 5) is 27.6. The van der Waals surface area contributed by atoms with Crippen molar-refractivity contribution in [2.45, 2.75) is 6.92 Å². The average Bonchev–Trinajstić information content (AvgIpc) is 2.95. The minimum absolute atomic E-state index is 0.119. The summed E-state index contributed by atoms with van der Waals surface area (Å²) < 4.78 is 10.5. The van der Waals surface area contributed by atoms with Crippen molar-refractivity contribution >= 4 is 23.1 Å². The lowest BCUT2D eigenvalue weighted by atomic mass is 10.2. The second-order valence-electron chi connectivity index (χ2n) is 4.52. The lowest BCUT2D eigenvalue weighted by Gasteiger charge is -2.20. The fourth-order valence-corrected chi connectivity index (χ4v) is 2.14. The Morgan fingerprint density at radius 3 is 2.77 bits per heavy atom. The van der Waals surface area contributed by atoms with E-state index in [-0.39, 0.29) is 24.2 Å². The lowest BCUT2D eigenvalue weighted by Crippen LogP contribution is -2.23. The number of carbonyl (C=O) groups is 1. The number of anilines is 2. The van der Waals surface area contributed by atoms with Crippen LogP contribution in [-0.4, -0.2) is 22.6 Å². The van der Waals surface area contributed by atoms with Crippen LogP contribution in [0.15, 0.2) is 36.5 Å². The summed E-state index contributed by atoms with van der Waals surface area (Å²) >= 11 is 0. The normalized spacial score (nSPS) is 12.0. The fourth-order valence-electron chi connectivity index (χ4n) is 2.14. The number of aromatic nitrogens is 1. The van der Waals surface area contributed by atoms with E-state index >= 15 is 0 Å². The van der Waals surface area contributed by atoms with Gasteiger partial charge in [-0.3, -0.25) is 19.8 Å². The number of nitro groups is 1. The van der Waals surface area contributed by atoms with Crippen molar-refractivity contribution in [1.82, 2.24) is 4.98 Å². The molecule has 0 N–H and O–H groups in total. The van der Waals surface area contributed by atoms with Gasteiger partial charge in [-0.05, 0) is 12.1 Å². The number of carbonyl (C=O) groups excluding carboxylic acids is 1. The molecule has 1 aromatic heterocycles. The van der Waals surface area contributed by atoms with Crippen LogP contribution in [0.1, 0.15) is 6.92 Å². The van der Waals surface area contributed by atoms with Crippen LogP contribution in [-0.2, 0) is 4.79 Å². The first-order valence-corrected chi connectivity index (χ1v) is 6.37. The molecule has 1 aliphatic heterocycles. The molecular formula is C14H11N3O5. The maximum absolute atomic E-state index is 12.0. The van der Waals surface area contributed by atoms with Crippen molar-refractivity contribution in [3.05, 3.63) is 46.6 Å². The Bertz CT molecular complexity index is 762. The number of nitrogens with zero attached hydrogens (tertiary/aromatic N) is 3. The van der Waals surface area contributed by atoms with E-state index in [0.717, 1.165) is 0 Å². The van der Waals surface area contributed by atoms with Gasteiger partial charge in [0.25, 0.3) is 5.69 Å². The van der Waals surface area contributed by atoms with E-state index in [1.807, 2.05) is 0 Å². The van der Waals surface area contributed by atoms with Crippen LogP contribution in [0.2, 0.25) is 0 Å². The average molecular weight is 301 g/mol. The van der Waals surface area contributed by atoms with Crippen LogP contribution >= 0.6 is 0 Å². The van der Waals surface area contributed by atoms with Crippen molar-refractivity contribution in [3.8, 4) is 11.5 Å². The Morgan fingerprint density at radius 1 is 1.27 bits per heavy atom. The number of fused-ring (bicyclic) bond motifs is 1. The van der Waals surface area contributed by atoms with E-state index in [0.29, 0.717) is 17.2 Å². The third-order valence-corrected chi connectivity index (χ3v) is 3.10. The highest BCUT2D eigenvalue weighted by Gasteiger charge is 2.21. The highest BCUT2D eigenvalue weighted by molar-refractivity contribution is 5.98. The van der Waals surface area contributed by atoms with Crippen molar-refractivity contribution in [1.29, 1.82) is 0 Å². The van der Waals surface area contributed by atoms with E-state index in [1.165, 1.54) is 30.2 Å². The van der Waals surface area contributed by atoms with Gasteiger partial charge in [0.2, 0.25) is 12.7 Å². The summed E-state index contributed by atoms with van der Waals surface area (Å²) in [6.45, 7) is 1.47. The molecule has 1 aromatic carbocycles. The third kappa shape index (κ3) is 2.41. The highest BCUT2D eigenvalue weighted by atomic mass is 16.7. The Labute approximate surface area is 125 Å². The number of hydrogen-bond donors (Lipinski definition) is 0. The van der Waals surface area contributed by atoms with Gasteiger partial charge in [-0.15, -0.1) is 0 Å². The van der Waals surface area contributed by atoms with E-state index in [2.05, 4.69) is 4.98 Å². The van der Waals surface area contributed by atoms with Crippen LogP contribution in [0.25, 0.3) is 0 Å². The summed E-state index contributed by atoms with van der Waals surface area (Å²) in [6.07, 6.45) is 1.29. The molecule has 1 aliphatic rings. The number of amides is 1. The molecule has 0 unspecified atom stereocenters. The summed E-state index contributed by atoms with van der Waals surface area (Å²) in [5.74, 6) is 0.931. The Hall–Kier alpha value is -3.16. The van der Waals surface area contributed by atoms with Gasteiger partial charge in [0.05, 0.1) is 16.7 Å². The number of benzene rings is 1. The predicted octanol–water partition coefficient (Wildman–Crippen LogP) is 2.40. The van der Waals surface area contributed by atoms with Crippen LogP contribution in [0.5, 0.6) is 11.5 Å². The number of rotatable bonds is 3. The van der Waals surface area contributed by atoms with Gasteiger partial charge < -0.3 is 9.47 Å². The summed E-state index contributed by atoms with van der Waals surface area (Å²) in [5, 5.41) is 10.9. The SMILES string of the molecule is CC(=O)N(c1ccc2c(c1)OCO2)c1cc([N+](=O)[O-])ccn1. The molecule has 8 heteroatoms. The predicted molar refractivity (Wildman–Crippen MR) is 76.3 cm³/mol. The molecular weight excluding hydrogens is 290 g/mol. The Kier molecular flexibility index (Phi) is 3.34. The zero-order chi connectivity index (χ0) is 15.7. The molecule has 0 aliphatic carbocycles. The van der Waals surface area contributed by atoms with Gasteiger partial charge in [0.1, 0.15) is 5.82 Å². The largest absolute Gasteiger partial charge is 0.454 e. The van der Waals surface area contributed by atoms with E-state index in [9.17, 15) is 14.9 Å². The first-order chi connectivity index (χ1) is 10.6. The minimum Gasteiger partial charge on any atom is -0.454 e. The topological polar surface area (TPSA) is 94.8 Å². The number of hydrogen-bond acceptors (Lipinski definition) is 6. The smallest absolute Gasteiger partial charge is 0.274 e. The van der Waals surface area contributed by atoms with Crippen LogP contribution in [0, 0.1) is 10.1 Å². The van der Waals surface area contributed by atoms with Crippen LogP contribution < -0.4 is 14.4 Å². The second-order valence-corrected chi connectivity index (χ2v) is 4.52. The minimum atomic E-state index is -0.539. The molecule has 0 saturated heterocycles. The molecule has 0 saturated carbocycles. The zero-order valence-corrected chi connectivity index (χ0v) is 11.6. The van der Waals surface area contributed by atoms with E-state index in [4.69, 9.17) is 9.47 Å². The quantitative estimate of drug-likeness (QED) is 0.638. The molecule has 0 radical (unpaired) electrons. The Morgan fingerprint density at radius 2 is 2.05 bits per heavy atom. The van der Waals surface area contributed by atoms with Crippen molar-refractivity contribution in [2.75, 3.05) is 11.7 Å². The highest BCUT2D eigenvalue weighted by Crippen LogP contribution is 2.37. The number of ether oxygens (including phenoxy) is 2. The first-order valence-electron chi connectivity index (χ1n) is 6.37. The number of pyridine rings is 1. The van der Waals surface area contributed by atoms with Gasteiger partial charge in [-0.25, -0.2) is 4.98 Å². The molecule has 8 nitrogen and oxygen atoms in total. The summed E-state index contributed by atoms with van der Waals surface area (Å²) in [6, 6.07) is 7.47. The standard InChI is InChI=1S/C14H11N3O5/c1-9(18)16(14-7-11(17(19)20)4-5-15-14)10-2-3-12-13(6-10)22-8-21-12/h2-7H,8H2,1H3. The van der Waals surface area contributed by atoms with Gasteiger partial charge in [0.15, 0.2) is 11.5 Å². The van der Waals surface area contributed by atoms with Gasteiger partial charge in [0, 0.05) is 25.3 Å². The molecule has 2 aromatic rings. The van der Waals surface area contributed by atoms with Crippen LogP contribution in [0.4, 0.5) is 17.2 Å². The third-order valence-electron chi connectivity index (χ3n) is 3.10. The molecule has 22 heavy (non-hydrogen) atoms. The van der Waals surface area contributed by atoms with Crippen molar-refractivity contribution in [2.24, 2.45) is 0 Å². The van der Waals surface area contributed by atoms with Gasteiger partial charge in [-0.1, -0.05) is 0 Å². The molecule has 112 valence electrons. The molecule has 0 fully saturated rings. The van der Waals surface area contributed by atoms with Gasteiger partial charge >= 0.3 is 0 Å². The lowest BCUT2D eigenvalue weighted by molar-refractivity contribution is -0.384. The zero-order valence-electron chi connectivity index (χ0n) is 11.6. The van der Waals surface area contributed by atoms with Crippen molar-refractivity contribution in [3.63, 3.8) is 0 Å². The summed E-state index contributed by atoms with van der Waals surface area (Å²) in [7, 11) is 0. The maximum Gasteiger partial charge on any atom is 0.274 e. The molecule has 2 heterocycles. The monoisotopic (exact) mass is 301 g/mol. The molecule has 0 atom stereocenters. The van der Waals surface area contributed by atoms with Gasteiger partial charge in [-0.2, -0.15) is 0 Å². The Balaban J connectivity index is 2.05. The fraction of sp³-hybridized carbons (Fsp3) is 0.143. The second kappa shape index (κ2) is 5.32. The van der Waals surface area contributed by atoms with Crippen molar-refractivity contribution < 1.29 is 19.2 Å². The van der Waals surface area contributed by atoms with E-state index < -0.39 is 4.92 Å². The maximum atomic E-state index is 12.0. The molecule has 1 amide bonds. The molecule has 0 bridgehead atoms. The first kappa shape index (κ1) is 13.8. The van der Waals surface area contributed by atoms with E-state index in [1.54, 1.807) is 18.2 Å². The molecule has 0 spiro atoms. The summed E-state index contributed by atoms with van der Waals surface area (Å²) in [5.41, 5.74) is 0.349. The van der Waals surface area contributed by atoms with Crippen LogP contribution in [0.3, 0.4) is 0 Å².